The molecule has 3 aromatic heterocycles. The SMILES string of the molecule is [2H]c1c([2H])c([2H])c2c(-c3cc(-c4ccccc4-c4ccccc4)cc4oc5ccccc5c34)c3c([2H])c([2H])c([2H])c([2H])c3c(-c3ccc4ccccc4c3)c2c1[2H].[2H]c1c([2H])c([2H])c2c(-c3ccc(-c4cccc5oc6ccccc6c45)c4oc5ccccc5c34)c3c([2H])c([2H])c([2H])c([2H])c3c(-c3ccc4ccccc4c3)c2c1[2H]. The van der Waals surface area contributed by atoms with Crippen molar-refractivity contribution < 1.29 is 35.2 Å². The van der Waals surface area contributed by atoms with E-state index in [1.807, 2.05) is 255 Å². The Morgan fingerprint density at radius 2 is 0.576 bits per heavy atom. The summed E-state index contributed by atoms with van der Waals surface area (Å²) in [5.41, 5.74) is 12.2. The third-order valence-corrected chi connectivity index (χ3v) is 19.4. The molecule has 3 heterocycles. The largest absolute Gasteiger partial charge is 0.456 e. The molecule has 0 N–H and O–H groups in total. The summed E-state index contributed by atoms with van der Waals surface area (Å²) in [4.78, 5) is 0. The molecule has 0 aliphatic rings. The third-order valence-electron chi connectivity index (χ3n) is 19.4. The summed E-state index contributed by atoms with van der Waals surface area (Å²) >= 11 is 0. The monoisotopic (exact) mass is 1270 g/mol. The van der Waals surface area contributed by atoms with Crippen LogP contribution in [0.4, 0.5) is 0 Å². The van der Waals surface area contributed by atoms with Crippen molar-refractivity contribution in [3.63, 3.8) is 0 Å². The van der Waals surface area contributed by atoms with Crippen LogP contribution in [0.2, 0.25) is 0 Å². The molecule has 0 fully saturated rings. The van der Waals surface area contributed by atoms with Gasteiger partial charge in [-0.15, -0.1) is 0 Å². The molecule has 21 rings (SSSR count). The lowest BCUT2D eigenvalue weighted by Crippen LogP contribution is -1.92. The molecular weight excluding hydrogens is 1200 g/mol. The molecule has 0 saturated carbocycles. The van der Waals surface area contributed by atoms with Crippen molar-refractivity contribution in [3.05, 3.63) is 351 Å². The van der Waals surface area contributed by atoms with Gasteiger partial charge in [0.1, 0.15) is 33.5 Å². The summed E-state index contributed by atoms with van der Waals surface area (Å²) in [6.07, 6.45) is 0. The molecule has 21 aromatic rings. The van der Waals surface area contributed by atoms with Crippen LogP contribution in [0.25, 0.3) is 208 Å². The minimum Gasteiger partial charge on any atom is -0.456 e. The minimum absolute atomic E-state index is 0.147. The minimum atomic E-state index is -0.452. The van der Waals surface area contributed by atoms with E-state index in [4.69, 9.17) is 24.2 Å². The summed E-state index contributed by atoms with van der Waals surface area (Å²) in [5, 5.41) is 9.55. The molecule has 18 aromatic carbocycles. The standard InChI is InChI=1S/C48H28O2.C48H30O/c1-2-13-30-28-31(25-24-29(30)12-1)44-32-14-3-5-16-34(32)45(35-17-6-4-15-33(35)44)40-27-26-37(48-47(40)39-19-8-10-22-42(39)50-48)36-20-11-23-43-46(36)38-18-7-9-21-41(38)49-43;1-2-15-32(16-3-1)36-18-6-7-19-37(36)35-29-43(48-42-24-12-13-25-44(42)49-45(48)30-35)47-40-22-10-8-20-38(40)46(39-21-9-11-23-41(39)47)34-27-26-31-14-4-5-17-33(31)28-34/h1-28H;1-30H/i3D,4D,5D,6D,14D,15D,16D,17D;8D,9D,10D,11D,20D,21D,22D,23D. The Morgan fingerprint density at radius 3 is 1.11 bits per heavy atom. The van der Waals surface area contributed by atoms with Crippen molar-refractivity contribution in [2.24, 2.45) is 0 Å². The van der Waals surface area contributed by atoms with Gasteiger partial charge in [0.2, 0.25) is 0 Å². The van der Waals surface area contributed by atoms with Gasteiger partial charge in [0.05, 0.1) is 21.9 Å². The zero-order valence-corrected chi connectivity index (χ0v) is 52.5. The van der Waals surface area contributed by atoms with E-state index in [2.05, 4.69) is 0 Å². The maximum atomic E-state index is 9.59. The second-order valence-corrected chi connectivity index (χ2v) is 24.8. The number of benzene rings is 18. The molecule has 0 aliphatic carbocycles. The Hall–Kier alpha value is -13.1. The highest BCUT2D eigenvalue weighted by Crippen LogP contribution is 2.52. The lowest BCUT2D eigenvalue weighted by Gasteiger charge is -2.19. The summed E-state index contributed by atoms with van der Waals surface area (Å²) in [5.74, 6) is 0. The first-order valence-corrected chi connectivity index (χ1v) is 32.6. The lowest BCUT2D eigenvalue weighted by molar-refractivity contribution is 0.668. The van der Waals surface area contributed by atoms with Gasteiger partial charge in [-0.1, -0.05) is 297 Å². The van der Waals surface area contributed by atoms with Gasteiger partial charge in [-0.25, -0.2) is 0 Å². The second-order valence-electron chi connectivity index (χ2n) is 24.8. The molecule has 0 aliphatic heterocycles. The first kappa shape index (κ1) is 42.4. The van der Waals surface area contributed by atoms with Crippen molar-refractivity contribution in [1.29, 1.82) is 0 Å². The number of fused-ring (bicyclic) bond motifs is 15. The Bertz CT molecular complexity index is 7720. The molecule has 0 bridgehead atoms. The van der Waals surface area contributed by atoms with Gasteiger partial charge in [-0.2, -0.15) is 0 Å². The van der Waals surface area contributed by atoms with Crippen LogP contribution in [0, 0.1) is 0 Å². The fourth-order valence-electron chi connectivity index (χ4n) is 15.1. The summed E-state index contributed by atoms with van der Waals surface area (Å²) < 4.78 is 167. The number of rotatable bonds is 7. The number of hydrogen-bond donors (Lipinski definition) is 0. The third kappa shape index (κ3) is 9.06. The van der Waals surface area contributed by atoms with Crippen molar-refractivity contribution >= 4 is 130 Å². The van der Waals surface area contributed by atoms with E-state index in [9.17, 15) is 11.0 Å². The molecule has 3 heteroatoms. The van der Waals surface area contributed by atoms with Crippen LogP contribution in [-0.2, 0) is 0 Å². The normalized spacial score (nSPS) is 14.1. The topological polar surface area (TPSA) is 39.4 Å². The van der Waals surface area contributed by atoms with Crippen molar-refractivity contribution in [1.82, 2.24) is 0 Å². The quantitative estimate of drug-likeness (QED) is 0.149. The first-order chi connectivity index (χ1) is 55.8. The molecule has 0 saturated heterocycles. The Kier molecular flexibility index (Phi) is 9.76. The van der Waals surface area contributed by atoms with Crippen molar-refractivity contribution in [2.75, 3.05) is 0 Å². The van der Waals surface area contributed by atoms with E-state index in [0.29, 0.717) is 72.1 Å². The van der Waals surface area contributed by atoms with Gasteiger partial charge in [0.25, 0.3) is 0 Å². The molecule has 0 unspecified atom stereocenters. The average molecular weight is 1280 g/mol. The van der Waals surface area contributed by atoms with Crippen LogP contribution in [0.3, 0.4) is 0 Å². The summed E-state index contributed by atoms with van der Waals surface area (Å²) in [6, 6.07) is 75.4. The highest BCUT2D eigenvalue weighted by molar-refractivity contribution is 6.29. The van der Waals surface area contributed by atoms with Gasteiger partial charge in [-0.05, 0) is 192 Å². The smallest absolute Gasteiger partial charge is 0.143 e. The van der Waals surface area contributed by atoms with Crippen LogP contribution >= 0.6 is 0 Å². The number of hydrogen-bond acceptors (Lipinski definition) is 3. The second kappa shape index (κ2) is 22.8. The van der Waals surface area contributed by atoms with Crippen LogP contribution in [0.1, 0.15) is 21.9 Å². The molecule has 0 atom stereocenters. The van der Waals surface area contributed by atoms with Crippen LogP contribution in [0.5, 0.6) is 0 Å². The summed E-state index contributed by atoms with van der Waals surface area (Å²) in [6.45, 7) is 0. The van der Waals surface area contributed by atoms with Crippen LogP contribution in [0.15, 0.2) is 365 Å². The molecule has 3 nitrogen and oxygen atoms in total. The Balaban J connectivity index is 0.000000149. The number of para-hydroxylation sites is 3. The highest BCUT2D eigenvalue weighted by atomic mass is 16.3. The van der Waals surface area contributed by atoms with Crippen molar-refractivity contribution in [3.8, 4) is 77.9 Å². The molecule has 99 heavy (non-hydrogen) atoms. The molecule has 460 valence electrons. The van der Waals surface area contributed by atoms with Gasteiger partial charge in [0.15, 0.2) is 0 Å². The average Bonchev–Trinajstić information content (AvgIpc) is 1.68. The first-order valence-electron chi connectivity index (χ1n) is 40.6. The highest BCUT2D eigenvalue weighted by Gasteiger charge is 2.26. The van der Waals surface area contributed by atoms with E-state index in [0.717, 1.165) is 82.1 Å². The maximum Gasteiger partial charge on any atom is 0.143 e. The van der Waals surface area contributed by atoms with E-state index >= 15 is 0 Å². The zero-order valence-electron chi connectivity index (χ0n) is 68.5. The fourth-order valence-corrected chi connectivity index (χ4v) is 15.1. The fraction of sp³-hybridized carbons (Fsp3) is 0. The zero-order chi connectivity index (χ0) is 79.0. The molecule has 0 spiro atoms. The molecule has 0 amide bonds. The Labute approximate surface area is 592 Å². The maximum absolute atomic E-state index is 9.59. The van der Waals surface area contributed by atoms with E-state index < -0.39 is 48.3 Å². The van der Waals surface area contributed by atoms with Gasteiger partial charge < -0.3 is 13.3 Å². The van der Waals surface area contributed by atoms with Crippen molar-refractivity contribution in [2.45, 2.75) is 0 Å². The van der Waals surface area contributed by atoms with E-state index in [1.165, 1.54) is 0 Å². The predicted molar refractivity (Wildman–Crippen MR) is 418 cm³/mol. The van der Waals surface area contributed by atoms with E-state index in [1.54, 1.807) is 0 Å². The number of furan rings is 3. The summed E-state index contributed by atoms with van der Waals surface area (Å²) in [7, 11) is 0. The van der Waals surface area contributed by atoms with Crippen LogP contribution < -0.4 is 0 Å². The van der Waals surface area contributed by atoms with Gasteiger partial charge in [0, 0.05) is 37.9 Å². The lowest BCUT2D eigenvalue weighted by atomic mass is 9.83. The van der Waals surface area contributed by atoms with Gasteiger partial charge in [-0.3, -0.25) is 0 Å². The van der Waals surface area contributed by atoms with Gasteiger partial charge >= 0.3 is 0 Å². The van der Waals surface area contributed by atoms with E-state index in [-0.39, 0.29) is 103 Å². The molecule has 0 radical (unpaired) electrons. The molecular formula is C96H58O3. The van der Waals surface area contributed by atoms with Crippen LogP contribution in [-0.4, -0.2) is 0 Å². The Morgan fingerprint density at radius 1 is 0.192 bits per heavy atom. The predicted octanol–water partition coefficient (Wildman–Crippen LogP) is 27.7.